The monoisotopic (exact) mass is 410 g/mol. The molecule has 1 fully saturated rings. The summed E-state index contributed by atoms with van der Waals surface area (Å²) in [6.07, 6.45) is -3.27. The third-order valence-corrected chi connectivity index (χ3v) is 4.77. The van der Waals surface area contributed by atoms with E-state index in [0.717, 1.165) is 12.1 Å². The fraction of sp³-hybridized carbons (Fsp3) is 0.300. The van der Waals surface area contributed by atoms with Gasteiger partial charge in [0.15, 0.2) is 0 Å². The number of carbonyl (C=O) groups excluding carboxylic acids is 2. The number of carbonyl (C=O) groups is 2. The molecule has 0 spiro atoms. The van der Waals surface area contributed by atoms with Gasteiger partial charge in [-0.1, -0.05) is 29.8 Å². The van der Waals surface area contributed by atoms with Gasteiger partial charge in [-0.25, -0.2) is 0 Å². The Morgan fingerprint density at radius 2 is 1.79 bits per heavy atom. The molecule has 0 bridgehead atoms. The standard InChI is InChI=1S/C20H18ClF3N2O2/c21-16-10-14(9-15(11-16)20(22,23)24)18(27)25-17-7-4-8-26(12-17)19(28)13-5-2-1-3-6-13/h1-3,5-6,9-11,17H,4,7-8,12H2,(H,25,27). The summed E-state index contributed by atoms with van der Waals surface area (Å²) in [5, 5.41) is 2.56. The molecule has 1 unspecified atom stereocenters. The van der Waals surface area contributed by atoms with Crippen LogP contribution in [0.25, 0.3) is 0 Å². The first-order valence-electron chi connectivity index (χ1n) is 8.77. The second kappa shape index (κ2) is 8.22. The van der Waals surface area contributed by atoms with Gasteiger partial charge in [-0.15, -0.1) is 0 Å². The topological polar surface area (TPSA) is 49.4 Å². The zero-order chi connectivity index (χ0) is 20.3. The van der Waals surface area contributed by atoms with Crippen molar-refractivity contribution in [2.75, 3.05) is 13.1 Å². The van der Waals surface area contributed by atoms with Gasteiger partial charge in [0, 0.05) is 35.3 Å². The third-order valence-electron chi connectivity index (χ3n) is 4.55. The van der Waals surface area contributed by atoms with Crippen LogP contribution in [0, 0.1) is 0 Å². The Balaban J connectivity index is 1.69. The molecule has 2 aromatic carbocycles. The maximum Gasteiger partial charge on any atom is 0.416 e. The number of piperidine rings is 1. The smallest absolute Gasteiger partial charge is 0.348 e. The highest BCUT2D eigenvalue weighted by atomic mass is 35.5. The van der Waals surface area contributed by atoms with Gasteiger partial charge in [-0.2, -0.15) is 13.2 Å². The summed E-state index contributed by atoms with van der Waals surface area (Å²) in [4.78, 5) is 26.7. The lowest BCUT2D eigenvalue weighted by Crippen LogP contribution is -2.49. The van der Waals surface area contributed by atoms with Crippen molar-refractivity contribution in [3.8, 4) is 0 Å². The van der Waals surface area contributed by atoms with Crippen molar-refractivity contribution in [1.29, 1.82) is 0 Å². The molecule has 2 aromatic rings. The Morgan fingerprint density at radius 1 is 1.07 bits per heavy atom. The van der Waals surface area contributed by atoms with Gasteiger partial charge in [0.1, 0.15) is 0 Å². The number of rotatable bonds is 3. The van der Waals surface area contributed by atoms with Crippen LogP contribution in [0.15, 0.2) is 48.5 Å². The average Bonchev–Trinajstić information content (AvgIpc) is 2.67. The summed E-state index contributed by atoms with van der Waals surface area (Å²) in [5.74, 6) is -0.784. The summed E-state index contributed by atoms with van der Waals surface area (Å²) in [7, 11) is 0. The summed E-state index contributed by atoms with van der Waals surface area (Å²) in [6.45, 7) is 0.863. The van der Waals surface area contributed by atoms with E-state index >= 15 is 0 Å². The molecule has 0 radical (unpaired) electrons. The number of halogens is 4. The first kappa shape index (κ1) is 20.2. The molecule has 0 aliphatic carbocycles. The fourth-order valence-corrected chi connectivity index (χ4v) is 3.43. The molecule has 1 aliphatic heterocycles. The van der Waals surface area contributed by atoms with Crippen LogP contribution < -0.4 is 5.32 Å². The van der Waals surface area contributed by atoms with E-state index in [-0.39, 0.29) is 22.5 Å². The Hall–Kier alpha value is -2.54. The predicted octanol–water partition coefficient (Wildman–Crippen LogP) is 4.39. The minimum atomic E-state index is -4.59. The van der Waals surface area contributed by atoms with E-state index in [0.29, 0.717) is 31.5 Å². The highest BCUT2D eigenvalue weighted by Gasteiger charge is 2.32. The SMILES string of the molecule is O=C(NC1CCCN(C(=O)c2ccccc2)C1)c1cc(Cl)cc(C(F)(F)F)c1. The first-order valence-corrected chi connectivity index (χ1v) is 9.15. The molecule has 28 heavy (non-hydrogen) atoms. The molecule has 0 aromatic heterocycles. The third kappa shape index (κ3) is 4.84. The summed E-state index contributed by atoms with van der Waals surface area (Å²) >= 11 is 5.74. The molecule has 148 valence electrons. The minimum absolute atomic E-state index is 0.137. The molecular formula is C20H18ClF3N2O2. The zero-order valence-electron chi connectivity index (χ0n) is 14.8. The number of nitrogens with one attached hydrogen (secondary N) is 1. The Labute approximate surface area is 165 Å². The van der Waals surface area contributed by atoms with Gasteiger partial charge in [-0.3, -0.25) is 9.59 Å². The number of nitrogens with zero attached hydrogens (tertiary/aromatic N) is 1. The van der Waals surface area contributed by atoms with Crippen LogP contribution in [0.3, 0.4) is 0 Å². The van der Waals surface area contributed by atoms with Gasteiger partial charge in [0.2, 0.25) is 0 Å². The number of hydrogen-bond donors (Lipinski definition) is 1. The van der Waals surface area contributed by atoms with Gasteiger partial charge < -0.3 is 10.2 Å². The Kier molecular flexibility index (Phi) is 5.93. The largest absolute Gasteiger partial charge is 0.416 e. The van der Waals surface area contributed by atoms with Crippen LogP contribution in [0.5, 0.6) is 0 Å². The van der Waals surface area contributed by atoms with Crippen molar-refractivity contribution in [2.24, 2.45) is 0 Å². The second-order valence-corrected chi connectivity index (χ2v) is 7.09. The van der Waals surface area contributed by atoms with Crippen molar-refractivity contribution >= 4 is 23.4 Å². The minimum Gasteiger partial charge on any atom is -0.348 e. The summed E-state index contributed by atoms with van der Waals surface area (Å²) in [5.41, 5.74) is -0.583. The molecule has 0 saturated carbocycles. The van der Waals surface area contributed by atoms with Crippen LogP contribution in [-0.4, -0.2) is 35.8 Å². The molecule has 2 amide bonds. The quantitative estimate of drug-likeness (QED) is 0.815. The molecule has 1 aliphatic rings. The summed E-state index contributed by atoms with van der Waals surface area (Å²) in [6, 6.07) is 11.2. The number of hydrogen-bond acceptors (Lipinski definition) is 2. The van der Waals surface area contributed by atoms with Gasteiger partial charge in [0.05, 0.1) is 5.56 Å². The Bertz CT molecular complexity index is 871. The molecule has 1 atom stereocenters. The van der Waals surface area contributed by atoms with Gasteiger partial charge in [0.25, 0.3) is 11.8 Å². The molecule has 8 heteroatoms. The normalized spacial score (nSPS) is 17.3. The lowest BCUT2D eigenvalue weighted by Gasteiger charge is -2.33. The number of alkyl halides is 3. The van der Waals surface area contributed by atoms with E-state index in [1.807, 2.05) is 6.07 Å². The van der Waals surface area contributed by atoms with Crippen LogP contribution in [0.1, 0.15) is 39.1 Å². The van der Waals surface area contributed by atoms with Crippen molar-refractivity contribution < 1.29 is 22.8 Å². The first-order chi connectivity index (χ1) is 13.2. The van der Waals surface area contributed by atoms with E-state index in [9.17, 15) is 22.8 Å². The van der Waals surface area contributed by atoms with E-state index in [2.05, 4.69) is 5.32 Å². The van der Waals surface area contributed by atoms with Crippen LogP contribution >= 0.6 is 11.6 Å². The van der Waals surface area contributed by atoms with E-state index < -0.39 is 17.6 Å². The predicted molar refractivity (Wildman–Crippen MR) is 99.3 cm³/mol. The fourth-order valence-electron chi connectivity index (χ4n) is 3.20. The van der Waals surface area contributed by atoms with Crippen LogP contribution in [-0.2, 0) is 6.18 Å². The summed E-state index contributed by atoms with van der Waals surface area (Å²) < 4.78 is 38.8. The Morgan fingerprint density at radius 3 is 2.46 bits per heavy atom. The van der Waals surface area contributed by atoms with Crippen molar-refractivity contribution in [3.63, 3.8) is 0 Å². The molecule has 1 saturated heterocycles. The maximum atomic E-state index is 12.9. The number of amides is 2. The number of benzene rings is 2. The molecular weight excluding hydrogens is 393 g/mol. The zero-order valence-corrected chi connectivity index (χ0v) is 15.6. The lowest BCUT2D eigenvalue weighted by molar-refractivity contribution is -0.137. The van der Waals surface area contributed by atoms with Gasteiger partial charge >= 0.3 is 6.18 Å². The van der Waals surface area contributed by atoms with Crippen LogP contribution in [0.2, 0.25) is 5.02 Å². The molecule has 4 nitrogen and oxygen atoms in total. The highest BCUT2D eigenvalue weighted by molar-refractivity contribution is 6.31. The average molecular weight is 411 g/mol. The van der Waals surface area contributed by atoms with Gasteiger partial charge in [-0.05, 0) is 43.2 Å². The number of likely N-dealkylation sites (tertiary alicyclic amines) is 1. The van der Waals surface area contributed by atoms with Crippen molar-refractivity contribution in [2.45, 2.75) is 25.1 Å². The lowest BCUT2D eigenvalue weighted by atomic mass is 10.0. The molecule has 1 heterocycles. The molecule has 1 N–H and O–H groups in total. The van der Waals surface area contributed by atoms with Crippen LogP contribution in [0.4, 0.5) is 13.2 Å². The maximum absolute atomic E-state index is 12.9. The van der Waals surface area contributed by atoms with E-state index in [1.54, 1.807) is 29.2 Å². The van der Waals surface area contributed by atoms with Crippen molar-refractivity contribution in [3.05, 3.63) is 70.2 Å². The van der Waals surface area contributed by atoms with E-state index in [4.69, 9.17) is 11.6 Å². The molecule has 3 rings (SSSR count). The highest BCUT2D eigenvalue weighted by Crippen LogP contribution is 2.32. The van der Waals surface area contributed by atoms with E-state index in [1.165, 1.54) is 6.07 Å². The van der Waals surface area contributed by atoms with Crippen molar-refractivity contribution in [1.82, 2.24) is 10.2 Å². The second-order valence-electron chi connectivity index (χ2n) is 6.66.